The quantitative estimate of drug-likeness (QED) is 0.382. The van der Waals surface area contributed by atoms with Crippen molar-refractivity contribution in [2.24, 2.45) is 0 Å². The largest absolute Gasteiger partial charge is 0.462 e. The first-order chi connectivity index (χ1) is 13.7. The van der Waals surface area contributed by atoms with Crippen LogP contribution in [0, 0.1) is 0 Å². The van der Waals surface area contributed by atoms with Crippen molar-refractivity contribution in [2.45, 2.75) is 50.7 Å². The van der Waals surface area contributed by atoms with E-state index in [1.54, 1.807) is 0 Å². The number of hydrogen-bond donors (Lipinski definition) is 5. The standard InChI is InChI=1S/C19H22O10/c1-8(22)2-9-3-10(5-13-15(9)12(23)4-11(6-20)27-13)28-19-18(26)17(25)16(24)14(7-21)29-19/h3-5,14,16-21,24-26H,2,6-7H2,1H3/t14-,16-,17+,18-,19+/m1/s1. The molecule has 1 saturated heterocycles. The molecule has 1 aliphatic rings. The monoisotopic (exact) mass is 410 g/mol. The van der Waals surface area contributed by atoms with Gasteiger partial charge in [-0.25, -0.2) is 0 Å². The lowest BCUT2D eigenvalue weighted by molar-refractivity contribution is -0.277. The first kappa shape index (κ1) is 21.4. The third-order valence-corrected chi connectivity index (χ3v) is 4.63. The number of hydrogen-bond acceptors (Lipinski definition) is 10. The van der Waals surface area contributed by atoms with Gasteiger partial charge in [-0.3, -0.25) is 9.59 Å². The van der Waals surface area contributed by atoms with Crippen LogP contribution in [0.5, 0.6) is 5.75 Å². The Morgan fingerprint density at radius 2 is 1.83 bits per heavy atom. The van der Waals surface area contributed by atoms with Gasteiger partial charge in [-0.1, -0.05) is 0 Å². The minimum absolute atomic E-state index is 0.0151. The number of aliphatic hydroxyl groups excluding tert-OH is 5. The predicted molar refractivity (Wildman–Crippen MR) is 97.2 cm³/mol. The topological polar surface area (TPSA) is 167 Å². The molecule has 1 fully saturated rings. The maximum Gasteiger partial charge on any atom is 0.229 e. The van der Waals surface area contributed by atoms with Crippen molar-refractivity contribution >= 4 is 16.8 Å². The molecule has 29 heavy (non-hydrogen) atoms. The van der Waals surface area contributed by atoms with E-state index in [-0.39, 0.29) is 34.7 Å². The first-order valence-corrected chi connectivity index (χ1v) is 8.92. The molecule has 5 N–H and O–H groups in total. The van der Waals surface area contributed by atoms with Gasteiger partial charge >= 0.3 is 0 Å². The van der Waals surface area contributed by atoms with E-state index in [0.717, 1.165) is 6.07 Å². The molecule has 1 aromatic heterocycles. The summed E-state index contributed by atoms with van der Waals surface area (Å²) < 4.78 is 16.4. The number of ether oxygens (including phenoxy) is 2. The third-order valence-electron chi connectivity index (χ3n) is 4.63. The summed E-state index contributed by atoms with van der Waals surface area (Å²) in [7, 11) is 0. The average molecular weight is 410 g/mol. The Kier molecular flexibility index (Phi) is 6.32. The second kappa shape index (κ2) is 8.57. The van der Waals surface area contributed by atoms with Crippen LogP contribution in [0.2, 0.25) is 0 Å². The van der Waals surface area contributed by atoms with Crippen molar-refractivity contribution in [3.63, 3.8) is 0 Å². The molecule has 2 heterocycles. The summed E-state index contributed by atoms with van der Waals surface area (Å²) in [5.41, 5.74) is -0.0707. The molecular weight excluding hydrogens is 388 g/mol. The second-order valence-electron chi connectivity index (χ2n) is 6.88. The van der Waals surface area contributed by atoms with E-state index in [4.69, 9.17) is 13.9 Å². The van der Waals surface area contributed by atoms with Crippen LogP contribution in [-0.2, 0) is 22.6 Å². The van der Waals surface area contributed by atoms with Crippen molar-refractivity contribution in [3.8, 4) is 5.75 Å². The molecule has 1 aliphatic heterocycles. The molecule has 158 valence electrons. The fraction of sp³-hybridized carbons (Fsp3) is 0.474. The molecule has 0 aliphatic carbocycles. The van der Waals surface area contributed by atoms with E-state index in [0.29, 0.717) is 5.56 Å². The van der Waals surface area contributed by atoms with Crippen LogP contribution in [0.4, 0.5) is 0 Å². The minimum atomic E-state index is -1.63. The van der Waals surface area contributed by atoms with E-state index >= 15 is 0 Å². The van der Waals surface area contributed by atoms with Crippen molar-refractivity contribution < 1.29 is 44.2 Å². The van der Waals surface area contributed by atoms with Gasteiger partial charge in [0.15, 0.2) is 5.43 Å². The van der Waals surface area contributed by atoms with Crippen molar-refractivity contribution in [1.29, 1.82) is 0 Å². The maximum absolute atomic E-state index is 12.4. The smallest absolute Gasteiger partial charge is 0.229 e. The van der Waals surface area contributed by atoms with Crippen LogP contribution in [0.25, 0.3) is 11.0 Å². The minimum Gasteiger partial charge on any atom is -0.462 e. The molecule has 0 radical (unpaired) electrons. The normalized spacial score (nSPS) is 27.2. The Bertz CT molecular complexity index is 950. The molecule has 10 nitrogen and oxygen atoms in total. The number of benzene rings is 1. The highest BCUT2D eigenvalue weighted by Gasteiger charge is 2.44. The molecule has 5 atom stereocenters. The predicted octanol–water partition coefficient (Wildman–Crippen LogP) is -1.40. The van der Waals surface area contributed by atoms with Gasteiger partial charge in [-0.15, -0.1) is 0 Å². The summed E-state index contributed by atoms with van der Waals surface area (Å²) in [6.07, 6.45) is -7.48. The number of ketones is 1. The number of fused-ring (bicyclic) bond motifs is 1. The van der Waals surface area contributed by atoms with E-state index in [9.17, 15) is 35.1 Å². The Balaban J connectivity index is 2.02. The van der Waals surface area contributed by atoms with Crippen LogP contribution < -0.4 is 10.2 Å². The zero-order chi connectivity index (χ0) is 21.3. The highest BCUT2D eigenvalue weighted by atomic mass is 16.7. The Labute approximate surface area is 164 Å². The molecule has 0 amide bonds. The van der Waals surface area contributed by atoms with Gasteiger partial charge in [0.05, 0.1) is 12.0 Å². The molecule has 0 bridgehead atoms. The fourth-order valence-electron chi connectivity index (χ4n) is 3.25. The van der Waals surface area contributed by atoms with E-state index < -0.39 is 49.3 Å². The molecule has 2 aromatic rings. The van der Waals surface area contributed by atoms with Gasteiger partial charge in [0.2, 0.25) is 6.29 Å². The maximum atomic E-state index is 12.4. The molecule has 0 unspecified atom stereocenters. The zero-order valence-corrected chi connectivity index (χ0v) is 15.5. The SMILES string of the molecule is CC(=O)Cc1cc(O[C@H]2O[C@H](CO)[C@@H](O)[C@H](O)[C@H]2O)cc2oc(CO)cc(=O)c12. The second-order valence-corrected chi connectivity index (χ2v) is 6.88. The third kappa shape index (κ3) is 4.32. The number of Topliss-reactive ketones (excluding diaryl/α,β-unsaturated/α-hetero) is 1. The Morgan fingerprint density at radius 3 is 2.45 bits per heavy atom. The molecular formula is C19H22O10. The summed E-state index contributed by atoms with van der Waals surface area (Å²) in [5.74, 6) is -0.153. The highest BCUT2D eigenvalue weighted by molar-refractivity contribution is 5.88. The number of rotatable bonds is 6. The van der Waals surface area contributed by atoms with Gasteiger partial charge in [-0.2, -0.15) is 0 Å². The lowest BCUT2D eigenvalue weighted by Crippen LogP contribution is -2.60. The molecule has 3 rings (SSSR count). The van der Waals surface area contributed by atoms with Crippen LogP contribution in [-0.4, -0.2) is 68.6 Å². The van der Waals surface area contributed by atoms with Crippen LogP contribution in [0.15, 0.2) is 27.4 Å². The summed E-state index contributed by atoms with van der Waals surface area (Å²) in [6, 6.07) is 3.85. The number of carbonyl (C=O) groups is 1. The van der Waals surface area contributed by atoms with Gasteiger partial charge in [0.1, 0.15) is 53.9 Å². The van der Waals surface area contributed by atoms with Crippen LogP contribution in [0.1, 0.15) is 18.2 Å². The summed E-state index contributed by atoms with van der Waals surface area (Å²) in [5, 5.41) is 48.6. The van der Waals surface area contributed by atoms with Crippen molar-refractivity contribution in [2.75, 3.05) is 6.61 Å². The summed E-state index contributed by atoms with van der Waals surface area (Å²) in [4.78, 5) is 24.0. The molecule has 10 heteroatoms. The fourth-order valence-corrected chi connectivity index (χ4v) is 3.25. The van der Waals surface area contributed by atoms with Gasteiger partial charge in [0.25, 0.3) is 0 Å². The molecule has 1 aromatic carbocycles. The van der Waals surface area contributed by atoms with Crippen molar-refractivity contribution in [1.82, 2.24) is 0 Å². The highest BCUT2D eigenvalue weighted by Crippen LogP contribution is 2.29. The Morgan fingerprint density at radius 1 is 1.10 bits per heavy atom. The lowest BCUT2D eigenvalue weighted by atomic mass is 9.99. The lowest BCUT2D eigenvalue weighted by Gasteiger charge is -2.39. The molecule has 0 saturated carbocycles. The number of carbonyl (C=O) groups excluding carboxylic acids is 1. The van der Waals surface area contributed by atoms with E-state index in [1.165, 1.54) is 19.1 Å². The van der Waals surface area contributed by atoms with E-state index in [1.807, 2.05) is 0 Å². The van der Waals surface area contributed by atoms with Crippen molar-refractivity contribution in [3.05, 3.63) is 39.7 Å². The van der Waals surface area contributed by atoms with Crippen LogP contribution in [0.3, 0.4) is 0 Å². The van der Waals surface area contributed by atoms with Gasteiger partial charge < -0.3 is 39.4 Å². The van der Waals surface area contributed by atoms with E-state index in [2.05, 4.69) is 0 Å². The van der Waals surface area contributed by atoms with Gasteiger partial charge in [0, 0.05) is 18.6 Å². The average Bonchev–Trinajstić information content (AvgIpc) is 2.67. The summed E-state index contributed by atoms with van der Waals surface area (Å²) in [6.45, 7) is 0.221. The Hall–Kier alpha value is -2.34. The van der Waals surface area contributed by atoms with Crippen LogP contribution >= 0.6 is 0 Å². The first-order valence-electron chi connectivity index (χ1n) is 8.92. The molecule has 0 spiro atoms. The van der Waals surface area contributed by atoms with Gasteiger partial charge in [-0.05, 0) is 18.6 Å². The zero-order valence-electron chi connectivity index (χ0n) is 15.5. The number of aliphatic hydroxyl groups is 5. The summed E-state index contributed by atoms with van der Waals surface area (Å²) >= 11 is 0.